The summed E-state index contributed by atoms with van der Waals surface area (Å²) in [6.45, 7) is 2.13. The number of aliphatic hydroxyl groups is 1. The molecule has 0 unspecified atom stereocenters. The standard InChI is InChI=1S/C18H23NO3/c1-21-11-4-12-22-18-6-3-2-5-17(18)19-13-15-7-9-16(14-20)10-8-15/h2-3,5-10,19-20H,4,11-14H2,1H3. The van der Waals surface area contributed by atoms with Crippen LogP contribution >= 0.6 is 0 Å². The molecule has 0 saturated heterocycles. The molecule has 2 aromatic carbocycles. The number of aliphatic hydroxyl groups excluding tert-OH is 1. The van der Waals surface area contributed by atoms with Crippen molar-refractivity contribution in [1.82, 2.24) is 0 Å². The van der Waals surface area contributed by atoms with Crippen LogP contribution in [0.2, 0.25) is 0 Å². The number of nitrogens with one attached hydrogen (secondary N) is 1. The van der Waals surface area contributed by atoms with Gasteiger partial charge in [0.1, 0.15) is 5.75 Å². The number of benzene rings is 2. The first kappa shape index (κ1) is 16.3. The third kappa shape index (κ3) is 5.06. The summed E-state index contributed by atoms with van der Waals surface area (Å²) < 4.78 is 10.8. The minimum Gasteiger partial charge on any atom is -0.491 e. The molecule has 0 fully saturated rings. The fourth-order valence-electron chi connectivity index (χ4n) is 2.08. The Bertz CT molecular complexity index is 555. The lowest BCUT2D eigenvalue weighted by Crippen LogP contribution is -2.05. The van der Waals surface area contributed by atoms with Gasteiger partial charge in [-0.2, -0.15) is 0 Å². The Morgan fingerprint density at radius 2 is 1.68 bits per heavy atom. The minimum absolute atomic E-state index is 0.0753. The number of anilines is 1. The molecule has 0 radical (unpaired) electrons. The van der Waals surface area contributed by atoms with Crippen LogP contribution in [0.3, 0.4) is 0 Å². The van der Waals surface area contributed by atoms with Gasteiger partial charge in [0.2, 0.25) is 0 Å². The van der Waals surface area contributed by atoms with Gasteiger partial charge in [0.25, 0.3) is 0 Å². The molecule has 0 atom stereocenters. The van der Waals surface area contributed by atoms with Crippen LogP contribution in [0.5, 0.6) is 5.75 Å². The van der Waals surface area contributed by atoms with Crippen LogP contribution in [0.1, 0.15) is 17.5 Å². The van der Waals surface area contributed by atoms with E-state index < -0.39 is 0 Å². The second-order valence-corrected chi connectivity index (χ2v) is 5.02. The van der Waals surface area contributed by atoms with E-state index in [0.717, 1.165) is 29.0 Å². The molecule has 2 N–H and O–H groups in total. The Morgan fingerprint density at radius 1 is 0.955 bits per heavy atom. The van der Waals surface area contributed by atoms with Crippen molar-refractivity contribution in [3.8, 4) is 5.75 Å². The summed E-state index contributed by atoms with van der Waals surface area (Å²) in [4.78, 5) is 0. The van der Waals surface area contributed by atoms with Gasteiger partial charge < -0.3 is 19.9 Å². The van der Waals surface area contributed by atoms with Gasteiger partial charge in [0.15, 0.2) is 0 Å². The van der Waals surface area contributed by atoms with Crippen molar-refractivity contribution in [1.29, 1.82) is 0 Å². The fourth-order valence-corrected chi connectivity index (χ4v) is 2.08. The van der Waals surface area contributed by atoms with Crippen LogP contribution in [-0.2, 0) is 17.9 Å². The van der Waals surface area contributed by atoms with E-state index in [0.29, 0.717) is 19.8 Å². The highest BCUT2D eigenvalue weighted by molar-refractivity contribution is 5.56. The van der Waals surface area contributed by atoms with Gasteiger partial charge >= 0.3 is 0 Å². The second kappa shape index (κ2) is 9.07. The summed E-state index contributed by atoms with van der Waals surface area (Å²) in [7, 11) is 1.69. The van der Waals surface area contributed by atoms with Crippen LogP contribution in [0.4, 0.5) is 5.69 Å². The van der Waals surface area contributed by atoms with Gasteiger partial charge in [-0.15, -0.1) is 0 Å². The maximum atomic E-state index is 9.05. The van der Waals surface area contributed by atoms with E-state index in [4.69, 9.17) is 14.6 Å². The average Bonchev–Trinajstić information content (AvgIpc) is 2.58. The second-order valence-electron chi connectivity index (χ2n) is 5.02. The van der Waals surface area contributed by atoms with Crippen LogP contribution in [0.15, 0.2) is 48.5 Å². The number of para-hydroxylation sites is 2. The summed E-state index contributed by atoms with van der Waals surface area (Å²) in [5.41, 5.74) is 3.06. The summed E-state index contributed by atoms with van der Waals surface area (Å²) in [6, 6.07) is 15.8. The summed E-state index contributed by atoms with van der Waals surface area (Å²) in [5.74, 6) is 0.852. The minimum atomic E-state index is 0.0753. The third-order valence-electron chi connectivity index (χ3n) is 3.33. The summed E-state index contributed by atoms with van der Waals surface area (Å²) in [6.07, 6.45) is 0.869. The first-order chi connectivity index (χ1) is 10.8. The number of rotatable bonds is 9. The lowest BCUT2D eigenvalue weighted by atomic mass is 10.1. The predicted molar refractivity (Wildman–Crippen MR) is 88.1 cm³/mol. The predicted octanol–water partition coefficient (Wildman–Crippen LogP) is 3.21. The fraction of sp³-hybridized carbons (Fsp3) is 0.333. The first-order valence-corrected chi connectivity index (χ1v) is 7.47. The maximum Gasteiger partial charge on any atom is 0.142 e. The Morgan fingerprint density at radius 3 is 2.41 bits per heavy atom. The largest absolute Gasteiger partial charge is 0.491 e. The highest BCUT2D eigenvalue weighted by Gasteiger charge is 2.03. The van der Waals surface area contributed by atoms with Crippen LogP contribution in [0.25, 0.3) is 0 Å². The highest BCUT2D eigenvalue weighted by atomic mass is 16.5. The van der Waals surface area contributed by atoms with Gasteiger partial charge in [-0.3, -0.25) is 0 Å². The van der Waals surface area contributed by atoms with Crippen molar-refractivity contribution in [2.75, 3.05) is 25.6 Å². The van der Waals surface area contributed by atoms with Gasteiger partial charge in [-0.1, -0.05) is 36.4 Å². The molecule has 0 bridgehead atoms. The molecular formula is C18H23NO3. The first-order valence-electron chi connectivity index (χ1n) is 7.47. The summed E-state index contributed by atoms with van der Waals surface area (Å²) in [5, 5.41) is 12.4. The van der Waals surface area contributed by atoms with Crippen molar-refractivity contribution in [2.45, 2.75) is 19.6 Å². The molecule has 118 valence electrons. The molecule has 0 aliphatic heterocycles. The topological polar surface area (TPSA) is 50.7 Å². The van der Waals surface area contributed by atoms with E-state index in [9.17, 15) is 0 Å². The van der Waals surface area contributed by atoms with Crippen molar-refractivity contribution >= 4 is 5.69 Å². The Kier molecular flexibility index (Phi) is 6.74. The monoisotopic (exact) mass is 301 g/mol. The number of hydrogen-bond acceptors (Lipinski definition) is 4. The zero-order valence-electron chi connectivity index (χ0n) is 12.9. The molecule has 0 spiro atoms. The lowest BCUT2D eigenvalue weighted by Gasteiger charge is -2.13. The van der Waals surface area contributed by atoms with Crippen LogP contribution < -0.4 is 10.1 Å². The van der Waals surface area contributed by atoms with E-state index >= 15 is 0 Å². The number of hydrogen-bond donors (Lipinski definition) is 2. The van der Waals surface area contributed by atoms with Crippen molar-refractivity contribution in [3.63, 3.8) is 0 Å². The normalized spacial score (nSPS) is 10.5. The van der Waals surface area contributed by atoms with E-state index in [2.05, 4.69) is 5.32 Å². The van der Waals surface area contributed by atoms with Gasteiger partial charge in [-0.25, -0.2) is 0 Å². The van der Waals surface area contributed by atoms with Crippen molar-refractivity contribution < 1.29 is 14.6 Å². The SMILES string of the molecule is COCCCOc1ccccc1NCc1ccc(CO)cc1. The smallest absolute Gasteiger partial charge is 0.142 e. The van der Waals surface area contributed by atoms with Gasteiger partial charge in [0, 0.05) is 26.7 Å². The van der Waals surface area contributed by atoms with Crippen molar-refractivity contribution in [2.24, 2.45) is 0 Å². The van der Waals surface area contributed by atoms with E-state index in [1.54, 1.807) is 7.11 Å². The molecule has 2 aromatic rings. The molecule has 0 amide bonds. The van der Waals surface area contributed by atoms with Gasteiger partial charge in [-0.05, 0) is 23.3 Å². The van der Waals surface area contributed by atoms with E-state index in [1.807, 2.05) is 48.5 Å². The molecule has 22 heavy (non-hydrogen) atoms. The Labute approximate surface area is 131 Å². The van der Waals surface area contributed by atoms with E-state index in [-0.39, 0.29) is 6.61 Å². The zero-order valence-corrected chi connectivity index (χ0v) is 12.9. The molecule has 0 aliphatic carbocycles. The Hall–Kier alpha value is -2.04. The number of methoxy groups -OCH3 is 1. The van der Waals surface area contributed by atoms with Crippen molar-refractivity contribution in [3.05, 3.63) is 59.7 Å². The highest BCUT2D eigenvalue weighted by Crippen LogP contribution is 2.24. The average molecular weight is 301 g/mol. The third-order valence-corrected chi connectivity index (χ3v) is 3.33. The number of ether oxygens (including phenoxy) is 2. The maximum absolute atomic E-state index is 9.05. The Balaban J connectivity index is 1.91. The quantitative estimate of drug-likeness (QED) is 0.698. The van der Waals surface area contributed by atoms with Crippen LogP contribution in [0, 0.1) is 0 Å². The molecule has 0 aromatic heterocycles. The molecular weight excluding hydrogens is 278 g/mol. The molecule has 0 heterocycles. The van der Waals surface area contributed by atoms with E-state index in [1.165, 1.54) is 0 Å². The molecule has 4 nitrogen and oxygen atoms in total. The zero-order chi connectivity index (χ0) is 15.6. The molecule has 2 rings (SSSR count). The molecule has 4 heteroatoms. The molecule has 0 aliphatic rings. The summed E-state index contributed by atoms with van der Waals surface area (Å²) >= 11 is 0. The van der Waals surface area contributed by atoms with Gasteiger partial charge in [0.05, 0.1) is 18.9 Å². The lowest BCUT2D eigenvalue weighted by molar-refractivity contribution is 0.172. The van der Waals surface area contributed by atoms with Crippen LogP contribution in [-0.4, -0.2) is 25.4 Å². The molecule has 0 saturated carbocycles.